The van der Waals surface area contributed by atoms with Crippen molar-refractivity contribution in [2.75, 3.05) is 7.05 Å². The molecular formula is C14H20N2O2. The highest BCUT2D eigenvalue weighted by molar-refractivity contribution is 5.97. The van der Waals surface area contributed by atoms with Gasteiger partial charge in [0.15, 0.2) is 5.78 Å². The van der Waals surface area contributed by atoms with Crippen LogP contribution in [0.25, 0.3) is 0 Å². The fourth-order valence-electron chi connectivity index (χ4n) is 2.42. The van der Waals surface area contributed by atoms with Gasteiger partial charge in [0, 0.05) is 44.4 Å². The molecule has 4 nitrogen and oxygen atoms in total. The molecule has 1 aromatic heterocycles. The molecule has 18 heavy (non-hydrogen) atoms. The fraction of sp³-hybridized carbons (Fsp3) is 0.571. The van der Waals surface area contributed by atoms with E-state index < -0.39 is 0 Å². The van der Waals surface area contributed by atoms with E-state index in [-0.39, 0.29) is 11.7 Å². The highest BCUT2D eigenvalue weighted by atomic mass is 16.1. The van der Waals surface area contributed by atoms with Crippen molar-refractivity contribution in [3.8, 4) is 0 Å². The van der Waals surface area contributed by atoms with Crippen LogP contribution < -0.4 is 5.32 Å². The average Bonchev–Trinajstić information content (AvgIpc) is 2.70. The van der Waals surface area contributed by atoms with Gasteiger partial charge in [-0.2, -0.15) is 0 Å². The molecule has 0 atom stereocenters. The Labute approximate surface area is 107 Å². The third-order valence-corrected chi connectivity index (χ3v) is 3.46. The van der Waals surface area contributed by atoms with E-state index >= 15 is 0 Å². The van der Waals surface area contributed by atoms with Gasteiger partial charge in [-0.1, -0.05) is 0 Å². The lowest BCUT2D eigenvalue weighted by atomic mass is 10.1. The third kappa shape index (κ3) is 3.00. The molecule has 0 saturated heterocycles. The van der Waals surface area contributed by atoms with Crippen molar-refractivity contribution in [2.24, 2.45) is 0 Å². The Bertz CT molecular complexity index is 449. The Hall–Kier alpha value is -1.58. The van der Waals surface area contributed by atoms with Crippen LogP contribution in [0.15, 0.2) is 12.4 Å². The summed E-state index contributed by atoms with van der Waals surface area (Å²) < 4.78 is 2.05. The number of rotatable bonds is 4. The summed E-state index contributed by atoms with van der Waals surface area (Å²) in [6.45, 7) is 0.799. The van der Waals surface area contributed by atoms with Gasteiger partial charge in [0.25, 0.3) is 0 Å². The first-order valence-electron chi connectivity index (χ1n) is 6.63. The summed E-state index contributed by atoms with van der Waals surface area (Å²) in [6.07, 6.45) is 9.15. The number of carbonyl (C=O) groups is 2. The first-order chi connectivity index (χ1) is 8.70. The monoisotopic (exact) mass is 248 g/mol. The van der Waals surface area contributed by atoms with Crippen LogP contribution >= 0.6 is 0 Å². The van der Waals surface area contributed by atoms with Gasteiger partial charge >= 0.3 is 0 Å². The molecule has 1 N–H and O–H groups in total. The first-order valence-corrected chi connectivity index (χ1v) is 6.63. The van der Waals surface area contributed by atoms with Crippen molar-refractivity contribution in [3.05, 3.63) is 23.5 Å². The molecular weight excluding hydrogens is 228 g/mol. The maximum absolute atomic E-state index is 11.9. The number of hydrogen-bond donors (Lipinski definition) is 1. The predicted octanol–water partition coefficient (Wildman–Crippen LogP) is 1.92. The minimum atomic E-state index is 0.0693. The summed E-state index contributed by atoms with van der Waals surface area (Å²) in [5.74, 6) is 0.340. The molecule has 0 spiro atoms. The summed E-state index contributed by atoms with van der Waals surface area (Å²) in [7, 11) is 1.65. The Morgan fingerprint density at radius 3 is 2.89 bits per heavy atom. The predicted molar refractivity (Wildman–Crippen MR) is 69.6 cm³/mol. The van der Waals surface area contributed by atoms with E-state index in [4.69, 9.17) is 0 Å². The SMILES string of the molecule is CNC(=O)CCCn1cc2c(c1)C(=O)CCCC2. The zero-order valence-corrected chi connectivity index (χ0v) is 10.9. The molecule has 0 unspecified atom stereocenters. The van der Waals surface area contributed by atoms with E-state index in [1.807, 2.05) is 6.20 Å². The smallest absolute Gasteiger partial charge is 0.219 e. The zero-order valence-electron chi connectivity index (χ0n) is 10.9. The summed E-state index contributed by atoms with van der Waals surface area (Å²) in [4.78, 5) is 23.0. The number of aromatic nitrogens is 1. The second-order valence-corrected chi connectivity index (χ2v) is 4.84. The van der Waals surface area contributed by atoms with Gasteiger partial charge < -0.3 is 9.88 Å². The van der Waals surface area contributed by atoms with Gasteiger partial charge in [-0.25, -0.2) is 0 Å². The van der Waals surface area contributed by atoms with Gasteiger partial charge in [0.2, 0.25) is 5.91 Å². The van der Waals surface area contributed by atoms with E-state index in [9.17, 15) is 9.59 Å². The number of hydrogen-bond acceptors (Lipinski definition) is 2. The highest BCUT2D eigenvalue weighted by Crippen LogP contribution is 2.21. The summed E-state index contributed by atoms with van der Waals surface area (Å²) in [5, 5.41) is 2.61. The first kappa shape index (κ1) is 12.9. The van der Waals surface area contributed by atoms with Crippen molar-refractivity contribution in [3.63, 3.8) is 0 Å². The Morgan fingerprint density at radius 1 is 1.33 bits per heavy atom. The minimum absolute atomic E-state index is 0.0693. The van der Waals surface area contributed by atoms with Crippen molar-refractivity contribution in [2.45, 2.75) is 45.1 Å². The van der Waals surface area contributed by atoms with Crippen molar-refractivity contribution < 1.29 is 9.59 Å². The Morgan fingerprint density at radius 2 is 2.11 bits per heavy atom. The van der Waals surface area contributed by atoms with Crippen LogP contribution in [0.5, 0.6) is 0 Å². The molecule has 2 rings (SSSR count). The quantitative estimate of drug-likeness (QED) is 0.828. The van der Waals surface area contributed by atoms with Crippen molar-refractivity contribution >= 4 is 11.7 Å². The number of amides is 1. The van der Waals surface area contributed by atoms with Crippen LogP contribution in [-0.4, -0.2) is 23.3 Å². The summed E-state index contributed by atoms with van der Waals surface area (Å²) in [6, 6.07) is 0. The normalized spacial score (nSPS) is 15.1. The molecule has 1 amide bonds. The van der Waals surface area contributed by atoms with E-state index in [0.29, 0.717) is 12.8 Å². The Balaban J connectivity index is 1.97. The van der Waals surface area contributed by atoms with E-state index in [2.05, 4.69) is 16.1 Å². The molecule has 1 aliphatic carbocycles. The lowest BCUT2D eigenvalue weighted by molar-refractivity contribution is -0.120. The van der Waals surface area contributed by atoms with Crippen LogP contribution in [0.2, 0.25) is 0 Å². The summed E-state index contributed by atoms with van der Waals surface area (Å²) in [5.41, 5.74) is 2.07. The van der Waals surface area contributed by atoms with Crippen LogP contribution in [0.3, 0.4) is 0 Å². The van der Waals surface area contributed by atoms with Gasteiger partial charge in [-0.05, 0) is 31.2 Å². The van der Waals surface area contributed by atoms with E-state index in [1.54, 1.807) is 7.05 Å². The Kier molecular flexibility index (Phi) is 4.18. The molecule has 0 saturated carbocycles. The number of aryl methyl sites for hydroxylation is 2. The summed E-state index contributed by atoms with van der Waals surface area (Å²) >= 11 is 0. The topological polar surface area (TPSA) is 51.1 Å². The van der Waals surface area contributed by atoms with Gasteiger partial charge in [0.05, 0.1) is 0 Å². The standard InChI is InChI=1S/C14H20N2O2/c1-15-14(18)7-4-8-16-9-11-5-2-3-6-13(17)12(11)10-16/h9-10H,2-8H2,1H3,(H,15,18). The lowest BCUT2D eigenvalue weighted by Gasteiger charge is -2.02. The number of nitrogens with one attached hydrogen (secondary N) is 1. The van der Waals surface area contributed by atoms with Gasteiger partial charge in [-0.15, -0.1) is 0 Å². The maximum atomic E-state index is 11.9. The van der Waals surface area contributed by atoms with Crippen LogP contribution in [-0.2, 0) is 17.8 Å². The number of fused-ring (bicyclic) bond motifs is 1. The van der Waals surface area contributed by atoms with Crippen LogP contribution in [0.1, 0.15) is 48.0 Å². The average molecular weight is 248 g/mol. The molecule has 1 heterocycles. The number of carbonyl (C=O) groups excluding carboxylic acids is 2. The van der Waals surface area contributed by atoms with E-state index in [0.717, 1.165) is 37.8 Å². The van der Waals surface area contributed by atoms with Crippen LogP contribution in [0.4, 0.5) is 0 Å². The highest BCUT2D eigenvalue weighted by Gasteiger charge is 2.17. The molecule has 4 heteroatoms. The molecule has 98 valence electrons. The van der Waals surface area contributed by atoms with Crippen molar-refractivity contribution in [1.82, 2.24) is 9.88 Å². The van der Waals surface area contributed by atoms with Gasteiger partial charge in [0.1, 0.15) is 0 Å². The largest absolute Gasteiger partial charge is 0.359 e. The van der Waals surface area contributed by atoms with Crippen molar-refractivity contribution in [1.29, 1.82) is 0 Å². The zero-order chi connectivity index (χ0) is 13.0. The maximum Gasteiger partial charge on any atom is 0.219 e. The second kappa shape index (κ2) is 5.85. The minimum Gasteiger partial charge on any atom is -0.359 e. The number of Topliss-reactive ketones (excluding diaryl/α,β-unsaturated/α-hetero) is 1. The lowest BCUT2D eigenvalue weighted by Crippen LogP contribution is -2.17. The molecule has 0 fully saturated rings. The van der Waals surface area contributed by atoms with Gasteiger partial charge in [-0.3, -0.25) is 9.59 Å². The number of nitrogens with zero attached hydrogens (tertiary/aromatic N) is 1. The molecule has 0 aliphatic heterocycles. The molecule has 0 radical (unpaired) electrons. The van der Waals surface area contributed by atoms with Crippen LogP contribution in [0, 0.1) is 0 Å². The molecule has 0 aromatic carbocycles. The molecule has 1 aliphatic rings. The molecule has 0 bridgehead atoms. The fourth-order valence-corrected chi connectivity index (χ4v) is 2.42. The number of ketones is 1. The molecule has 1 aromatic rings. The third-order valence-electron chi connectivity index (χ3n) is 3.46. The second-order valence-electron chi connectivity index (χ2n) is 4.84. The van der Waals surface area contributed by atoms with E-state index in [1.165, 1.54) is 5.56 Å².